The molecule has 3 aromatic carbocycles. The lowest BCUT2D eigenvalue weighted by molar-refractivity contribution is -0.274. The van der Waals surface area contributed by atoms with Crippen molar-refractivity contribution in [3.63, 3.8) is 0 Å². The summed E-state index contributed by atoms with van der Waals surface area (Å²) in [5.41, 5.74) is 4.90. The molecule has 1 saturated heterocycles. The lowest BCUT2D eigenvalue weighted by atomic mass is 9.95. The third-order valence-electron chi connectivity index (χ3n) is 7.46. The largest absolute Gasteiger partial charge is 0.573 e. The van der Waals surface area contributed by atoms with Crippen molar-refractivity contribution in [1.82, 2.24) is 20.1 Å². The monoisotopic (exact) mass is 654 g/mol. The Hall–Kier alpha value is -4.39. The third kappa shape index (κ3) is 7.87. The number of aryl methyl sites for hydroxylation is 1. The Bertz CT molecular complexity index is 1690. The number of nitrogens with one attached hydrogen (secondary N) is 1. The van der Waals surface area contributed by atoms with Gasteiger partial charge in [0, 0.05) is 23.5 Å². The SMILES string of the molecule is Cc1cccc(N2CCCSC2=NC(=O)NC(C)C(F)c2ccc(-c3ncn(-c4ccc(OC(F)(F)F)cc4)n3)cc2)c1C(C)C. The predicted octanol–water partition coefficient (Wildman–Crippen LogP) is 8.37. The number of ether oxygens (including phenoxy) is 1. The molecule has 2 heterocycles. The van der Waals surface area contributed by atoms with Gasteiger partial charge in [-0.3, -0.25) is 0 Å². The van der Waals surface area contributed by atoms with Crippen molar-refractivity contribution in [3.8, 4) is 22.8 Å². The van der Waals surface area contributed by atoms with Crippen LogP contribution in [-0.2, 0) is 0 Å². The first-order chi connectivity index (χ1) is 21.9. The molecule has 13 heteroatoms. The second-order valence-electron chi connectivity index (χ2n) is 11.2. The molecule has 4 aromatic rings. The number of amides is 2. The lowest BCUT2D eigenvalue weighted by Crippen LogP contribution is -2.38. The molecule has 0 radical (unpaired) electrons. The number of hydrogen-bond acceptors (Lipinski definition) is 5. The summed E-state index contributed by atoms with van der Waals surface area (Å²) in [6, 6.07) is 16.4. The Morgan fingerprint density at radius 1 is 1.04 bits per heavy atom. The molecule has 1 aliphatic rings. The Morgan fingerprint density at radius 3 is 2.43 bits per heavy atom. The van der Waals surface area contributed by atoms with Crippen molar-refractivity contribution in [2.24, 2.45) is 4.99 Å². The molecule has 1 aromatic heterocycles. The maximum absolute atomic E-state index is 15.5. The summed E-state index contributed by atoms with van der Waals surface area (Å²) in [6.07, 6.45) is -3.89. The highest BCUT2D eigenvalue weighted by Gasteiger charge is 2.31. The first-order valence-electron chi connectivity index (χ1n) is 14.8. The van der Waals surface area contributed by atoms with E-state index in [1.807, 2.05) is 6.07 Å². The fourth-order valence-electron chi connectivity index (χ4n) is 5.34. The predicted molar refractivity (Wildman–Crippen MR) is 172 cm³/mol. The Morgan fingerprint density at radius 2 is 1.76 bits per heavy atom. The molecule has 2 atom stereocenters. The molecule has 0 spiro atoms. The zero-order valence-electron chi connectivity index (χ0n) is 25.8. The number of amidine groups is 1. The van der Waals surface area contributed by atoms with Crippen LogP contribution < -0.4 is 15.0 Å². The summed E-state index contributed by atoms with van der Waals surface area (Å²) in [6.45, 7) is 8.71. The molecule has 1 fully saturated rings. The van der Waals surface area contributed by atoms with Crippen LogP contribution in [0.5, 0.6) is 5.75 Å². The number of hydrogen-bond donors (Lipinski definition) is 1. The number of halogens is 4. The van der Waals surface area contributed by atoms with Gasteiger partial charge in [0.25, 0.3) is 0 Å². The summed E-state index contributed by atoms with van der Waals surface area (Å²) >= 11 is 1.52. The fraction of sp³-hybridized carbons (Fsp3) is 0.333. The van der Waals surface area contributed by atoms with Gasteiger partial charge < -0.3 is 15.0 Å². The molecular formula is C33H34F4N6O2S. The van der Waals surface area contributed by atoms with Gasteiger partial charge >= 0.3 is 12.4 Å². The van der Waals surface area contributed by atoms with Gasteiger partial charge in [-0.15, -0.1) is 18.3 Å². The number of carbonyl (C=O) groups excluding carboxylic acids is 1. The smallest absolute Gasteiger partial charge is 0.406 e. The number of rotatable bonds is 8. The molecule has 2 unspecified atom stereocenters. The molecule has 1 N–H and O–H groups in total. The van der Waals surface area contributed by atoms with E-state index in [1.165, 1.54) is 58.2 Å². The maximum atomic E-state index is 15.5. The van der Waals surface area contributed by atoms with Crippen LogP contribution in [0, 0.1) is 6.92 Å². The van der Waals surface area contributed by atoms with Crippen molar-refractivity contribution in [1.29, 1.82) is 0 Å². The highest BCUT2D eigenvalue weighted by atomic mass is 32.2. The fourth-order valence-corrected chi connectivity index (χ4v) is 6.29. The van der Waals surface area contributed by atoms with Gasteiger partial charge in [0.2, 0.25) is 0 Å². The van der Waals surface area contributed by atoms with Crippen LogP contribution in [0.4, 0.5) is 28.0 Å². The zero-order chi connectivity index (χ0) is 33.0. The van der Waals surface area contributed by atoms with Crippen LogP contribution in [0.25, 0.3) is 17.1 Å². The average Bonchev–Trinajstić information content (AvgIpc) is 3.51. The summed E-state index contributed by atoms with van der Waals surface area (Å²) < 4.78 is 58.1. The second-order valence-corrected chi connectivity index (χ2v) is 12.3. The number of alkyl halides is 4. The molecule has 46 heavy (non-hydrogen) atoms. The first-order valence-corrected chi connectivity index (χ1v) is 15.8. The maximum Gasteiger partial charge on any atom is 0.573 e. The van der Waals surface area contributed by atoms with E-state index >= 15 is 4.39 Å². The summed E-state index contributed by atoms with van der Waals surface area (Å²) in [4.78, 5) is 23.7. The molecule has 1 aliphatic heterocycles. The molecule has 0 bridgehead atoms. The van der Waals surface area contributed by atoms with E-state index in [1.54, 1.807) is 31.2 Å². The quantitative estimate of drug-likeness (QED) is 0.192. The Labute approximate surface area is 268 Å². The molecule has 0 saturated carbocycles. The minimum atomic E-state index is -4.78. The molecule has 8 nitrogen and oxygen atoms in total. The van der Waals surface area contributed by atoms with Gasteiger partial charge in [0.1, 0.15) is 18.2 Å². The summed E-state index contributed by atoms with van der Waals surface area (Å²) in [7, 11) is 0. The topological polar surface area (TPSA) is 84.6 Å². The highest BCUT2D eigenvalue weighted by molar-refractivity contribution is 8.14. The molecular weight excluding hydrogens is 620 g/mol. The van der Waals surface area contributed by atoms with E-state index in [4.69, 9.17) is 0 Å². The molecule has 242 valence electrons. The number of anilines is 1. The van der Waals surface area contributed by atoms with E-state index in [-0.39, 0.29) is 5.75 Å². The van der Waals surface area contributed by atoms with Gasteiger partial charge in [0.05, 0.1) is 11.7 Å². The van der Waals surface area contributed by atoms with Crippen LogP contribution in [0.1, 0.15) is 56.0 Å². The van der Waals surface area contributed by atoms with Gasteiger partial charge in [-0.25, -0.2) is 18.9 Å². The minimum absolute atomic E-state index is 0.297. The van der Waals surface area contributed by atoms with E-state index < -0.39 is 24.6 Å². The summed E-state index contributed by atoms with van der Waals surface area (Å²) in [5.74, 6) is 1.14. The average molecular weight is 655 g/mol. The van der Waals surface area contributed by atoms with Crippen LogP contribution in [0.15, 0.2) is 78.0 Å². The van der Waals surface area contributed by atoms with Crippen molar-refractivity contribution in [2.75, 3.05) is 17.2 Å². The van der Waals surface area contributed by atoms with Crippen molar-refractivity contribution >= 4 is 28.6 Å². The Balaban J connectivity index is 1.23. The van der Waals surface area contributed by atoms with Crippen LogP contribution in [0.3, 0.4) is 0 Å². The van der Waals surface area contributed by atoms with E-state index in [0.717, 1.165) is 24.4 Å². The number of nitrogens with zero attached hydrogens (tertiary/aromatic N) is 5. The number of aromatic nitrogens is 3. The molecule has 5 rings (SSSR count). The van der Waals surface area contributed by atoms with Crippen LogP contribution in [-0.4, -0.2) is 50.7 Å². The van der Waals surface area contributed by atoms with Gasteiger partial charge in [-0.2, -0.15) is 4.99 Å². The van der Waals surface area contributed by atoms with E-state index in [9.17, 15) is 18.0 Å². The van der Waals surface area contributed by atoms with E-state index in [0.29, 0.717) is 33.7 Å². The number of benzene rings is 3. The van der Waals surface area contributed by atoms with Crippen molar-refractivity contribution in [2.45, 2.75) is 58.6 Å². The van der Waals surface area contributed by atoms with Gasteiger partial charge in [-0.1, -0.05) is 62.0 Å². The lowest BCUT2D eigenvalue weighted by Gasteiger charge is -2.32. The summed E-state index contributed by atoms with van der Waals surface area (Å²) in [5, 5.41) is 7.67. The Kier molecular flexibility index (Phi) is 10.00. The minimum Gasteiger partial charge on any atom is -0.406 e. The second kappa shape index (κ2) is 13.9. The number of aliphatic imine (C=N–C) groups is 1. The first kappa shape index (κ1) is 33.0. The standard InChI is InChI=1S/C33H34F4N6O2S/c1-20(2)28-21(3)7-5-8-27(28)42-17-6-18-46-32(42)40-31(44)39-22(4)29(34)23-9-11-24(12-10-23)30-38-19-43(41-30)25-13-15-26(16-14-25)45-33(35,36)37/h5,7-16,19-20,22,29H,6,17-18H2,1-4H3,(H,39,44). The molecule has 2 amide bonds. The molecule has 0 aliphatic carbocycles. The number of carbonyl (C=O) groups is 1. The van der Waals surface area contributed by atoms with E-state index in [2.05, 4.69) is 62.9 Å². The van der Waals surface area contributed by atoms with Gasteiger partial charge in [-0.05, 0) is 73.2 Å². The highest BCUT2D eigenvalue weighted by Crippen LogP contribution is 2.34. The third-order valence-corrected chi connectivity index (χ3v) is 8.52. The number of thioether (sulfide) groups is 1. The van der Waals surface area contributed by atoms with Crippen LogP contribution >= 0.6 is 11.8 Å². The van der Waals surface area contributed by atoms with Crippen molar-refractivity contribution < 1.29 is 27.1 Å². The normalized spacial score (nSPS) is 16.0. The van der Waals surface area contributed by atoms with Gasteiger partial charge in [0.15, 0.2) is 11.0 Å². The van der Waals surface area contributed by atoms with Crippen molar-refractivity contribution in [3.05, 3.63) is 89.7 Å². The number of urea groups is 1. The zero-order valence-corrected chi connectivity index (χ0v) is 26.6. The van der Waals surface area contributed by atoms with Crippen LogP contribution in [0.2, 0.25) is 0 Å².